The Bertz CT molecular complexity index is 642. The normalized spacial score (nSPS) is 10.5. The Hall–Kier alpha value is -2.23. The maximum atomic E-state index is 12.2. The molecule has 1 heterocycles. The van der Waals surface area contributed by atoms with Crippen LogP contribution in [0.1, 0.15) is 27.3 Å². The minimum Gasteiger partial charge on any atom is -0.508 e. The third kappa shape index (κ3) is 2.47. The van der Waals surface area contributed by atoms with Crippen LogP contribution in [-0.4, -0.2) is 15.6 Å². The average Bonchev–Trinajstić information content (AvgIpc) is 2.67. The van der Waals surface area contributed by atoms with Gasteiger partial charge in [0.05, 0.1) is 0 Å². The molecule has 0 fully saturated rings. The van der Waals surface area contributed by atoms with E-state index in [2.05, 4.69) is 5.32 Å². The molecule has 0 saturated carbocycles. The van der Waals surface area contributed by atoms with Gasteiger partial charge in [-0.3, -0.25) is 4.79 Å². The van der Waals surface area contributed by atoms with E-state index in [1.54, 1.807) is 25.1 Å². The number of phenolic OH excluding ortho intramolecular Hbond substituents is 1. The van der Waals surface area contributed by atoms with Crippen molar-refractivity contribution in [3.8, 4) is 5.75 Å². The maximum Gasteiger partial charge on any atom is 0.272 e. The van der Waals surface area contributed by atoms with E-state index in [1.165, 1.54) is 0 Å². The standard InChI is InChI=1S/C15H18N2O2/c1-9-8-14(18)10(2)7-12(9)16-15(19)13-6-5-11(3)17(13)4/h5-8,18H,1-4H3,(H,16,19). The van der Waals surface area contributed by atoms with Gasteiger partial charge in [-0.2, -0.15) is 0 Å². The molecule has 0 bridgehead atoms. The highest BCUT2D eigenvalue weighted by Crippen LogP contribution is 2.25. The van der Waals surface area contributed by atoms with E-state index in [4.69, 9.17) is 0 Å². The molecule has 0 unspecified atom stereocenters. The molecule has 19 heavy (non-hydrogen) atoms. The van der Waals surface area contributed by atoms with Gasteiger partial charge in [0.2, 0.25) is 0 Å². The van der Waals surface area contributed by atoms with E-state index in [9.17, 15) is 9.90 Å². The average molecular weight is 258 g/mol. The van der Waals surface area contributed by atoms with Crippen molar-refractivity contribution in [1.29, 1.82) is 0 Å². The zero-order valence-corrected chi connectivity index (χ0v) is 11.6. The second kappa shape index (κ2) is 4.80. The fraction of sp³-hybridized carbons (Fsp3) is 0.267. The molecule has 4 nitrogen and oxygen atoms in total. The first-order chi connectivity index (χ1) is 8.90. The van der Waals surface area contributed by atoms with E-state index >= 15 is 0 Å². The summed E-state index contributed by atoms with van der Waals surface area (Å²) in [6.45, 7) is 5.61. The topological polar surface area (TPSA) is 54.3 Å². The van der Waals surface area contributed by atoms with Gasteiger partial charge in [0.15, 0.2) is 0 Å². The number of hydrogen-bond acceptors (Lipinski definition) is 2. The molecule has 2 aromatic rings. The summed E-state index contributed by atoms with van der Waals surface area (Å²) in [6, 6.07) is 7.14. The van der Waals surface area contributed by atoms with Gasteiger partial charge in [0.1, 0.15) is 11.4 Å². The summed E-state index contributed by atoms with van der Waals surface area (Å²) in [5, 5.41) is 12.5. The maximum absolute atomic E-state index is 12.2. The highest BCUT2D eigenvalue weighted by Gasteiger charge is 2.13. The molecule has 1 amide bonds. The molecule has 0 aliphatic heterocycles. The Balaban J connectivity index is 2.29. The van der Waals surface area contributed by atoms with E-state index in [0.717, 1.165) is 22.5 Å². The second-order valence-electron chi connectivity index (χ2n) is 4.83. The number of amides is 1. The van der Waals surface area contributed by atoms with E-state index in [-0.39, 0.29) is 11.7 Å². The number of phenols is 1. The van der Waals surface area contributed by atoms with Crippen molar-refractivity contribution in [2.45, 2.75) is 20.8 Å². The third-order valence-corrected chi connectivity index (χ3v) is 3.40. The smallest absolute Gasteiger partial charge is 0.272 e. The summed E-state index contributed by atoms with van der Waals surface area (Å²) < 4.78 is 1.85. The molecular formula is C15H18N2O2. The molecular weight excluding hydrogens is 240 g/mol. The molecule has 0 spiro atoms. The Kier molecular flexibility index (Phi) is 3.34. The van der Waals surface area contributed by atoms with E-state index < -0.39 is 0 Å². The number of carbonyl (C=O) groups is 1. The number of anilines is 1. The lowest BCUT2D eigenvalue weighted by Crippen LogP contribution is -2.16. The first-order valence-corrected chi connectivity index (χ1v) is 6.14. The Morgan fingerprint density at radius 3 is 2.42 bits per heavy atom. The fourth-order valence-corrected chi connectivity index (χ4v) is 1.96. The van der Waals surface area contributed by atoms with Crippen molar-refractivity contribution in [3.05, 3.63) is 46.8 Å². The van der Waals surface area contributed by atoms with Crippen molar-refractivity contribution in [3.63, 3.8) is 0 Å². The number of aryl methyl sites for hydroxylation is 3. The lowest BCUT2D eigenvalue weighted by molar-refractivity contribution is 0.101. The van der Waals surface area contributed by atoms with Crippen LogP contribution in [0.3, 0.4) is 0 Å². The van der Waals surface area contributed by atoms with Crippen LogP contribution >= 0.6 is 0 Å². The van der Waals surface area contributed by atoms with Crippen LogP contribution in [0, 0.1) is 20.8 Å². The largest absolute Gasteiger partial charge is 0.508 e. The number of benzene rings is 1. The fourth-order valence-electron chi connectivity index (χ4n) is 1.96. The molecule has 0 saturated heterocycles. The summed E-state index contributed by atoms with van der Waals surface area (Å²) in [5.74, 6) is 0.0917. The highest BCUT2D eigenvalue weighted by molar-refractivity contribution is 6.03. The molecule has 0 aliphatic rings. The van der Waals surface area contributed by atoms with Crippen LogP contribution in [0.2, 0.25) is 0 Å². The van der Waals surface area contributed by atoms with Gasteiger partial charge in [-0.1, -0.05) is 0 Å². The molecule has 100 valence electrons. The Morgan fingerprint density at radius 1 is 1.16 bits per heavy atom. The number of nitrogens with zero attached hydrogens (tertiary/aromatic N) is 1. The third-order valence-electron chi connectivity index (χ3n) is 3.40. The summed E-state index contributed by atoms with van der Waals surface area (Å²) in [7, 11) is 1.86. The molecule has 2 N–H and O–H groups in total. The van der Waals surface area contributed by atoms with Crippen LogP contribution in [0.25, 0.3) is 0 Å². The van der Waals surface area contributed by atoms with Gasteiger partial charge in [0.25, 0.3) is 5.91 Å². The lowest BCUT2D eigenvalue weighted by Gasteiger charge is -2.11. The number of rotatable bonds is 2. The van der Waals surface area contributed by atoms with Crippen LogP contribution in [0.15, 0.2) is 24.3 Å². The second-order valence-corrected chi connectivity index (χ2v) is 4.83. The van der Waals surface area contributed by atoms with Gasteiger partial charge in [-0.15, -0.1) is 0 Å². The number of aromatic hydroxyl groups is 1. The van der Waals surface area contributed by atoms with E-state index in [1.807, 2.05) is 31.5 Å². The van der Waals surface area contributed by atoms with Gasteiger partial charge in [-0.05, 0) is 56.2 Å². The zero-order valence-electron chi connectivity index (χ0n) is 11.6. The molecule has 0 atom stereocenters. The molecule has 0 radical (unpaired) electrons. The van der Waals surface area contributed by atoms with Crippen LogP contribution in [0.5, 0.6) is 5.75 Å². The lowest BCUT2D eigenvalue weighted by atomic mass is 10.1. The van der Waals surface area contributed by atoms with Crippen molar-refractivity contribution in [1.82, 2.24) is 4.57 Å². The van der Waals surface area contributed by atoms with Gasteiger partial charge in [0, 0.05) is 18.4 Å². The van der Waals surface area contributed by atoms with Crippen molar-refractivity contribution in [2.75, 3.05) is 5.32 Å². The first-order valence-electron chi connectivity index (χ1n) is 6.14. The van der Waals surface area contributed by atoms with Crippen molar-refractivity contribution in [2.24, 2.45) is 7.05 Å². The SMILES string of the molecule is Cc1cc(NC(=O)c2ccc(C)n2C)c(C)cc1O. The summed E-state index contributed by atoms with van der Waals surface area (Å²) in [6.07, 6.45) is 0. The Labute approximate surface area is 112 Å². The van der Waals surface area contributed by atoms with Crippen molar-refractivity contribution >= 4 is 11.6 Å². The molecule has 1 aromatic carbocycles. The summed E-state index contributed by atoms with van der Waals surface area (Å²) >= 11 is 0. The highest BCUT2D eigenvalue weighted by atomic mass is 16.3. The summed E-state index contributed by atoms with van der Waals surface area (Å²) in [5.41, 5.74) is 3.94. The summed E-state index contributed by atoms with van der Waals surface area (Å²) in [4.78, 5) is 12.2. The van der Waals surface area contributed by atoms with Gasteiger partial charge < -0.3 is 15.0 Å². The number of carbonyl (C=O) groups excluding carboxylic acids is 1. The van der Waals surface area contributed by atoms with Crippen LogP contribution in [0.4, 0.5) is 5.69 Å². The number of hydrogen-bond donors (Lipinski definition) is 2. The number of nitrogens with one attached hydrogen (secondary N) is 1. The minimum absolute atomic E-state index is 0.149. The quantitative estimate of drug-likeness (QED) is 0.814. The van der Waals surface area contributed by atoms with Gasteiger partial charge in [-0.25, -0.2) is 0 Å². The number of aromatic nitrogens is 1. The zero-order chi connectivity index (χ0) is 14.2. The van der Waals surface area contributed by atoms with E-state index in [0.29, 0.717) is 5.69 Å². The van der Waals surface area contributed by atoms with Gasteiger partial charge >= 0.3 is 0 Å². The van der Waals surface area contributed by atoms with Crippen LogP contribution < -0.4 is 5.32 Å². The molecule has 4 heteroatoms. The molecule has 1 aromatic heterocycles. The monoisotopic (exact) mass is 258 g/mol. The first kappa shape index (κ1) is 13.2. The Morgan fingerprint density at radius 2 is 1.84 bits per heavy atom. The molecule has 2 rings (SSSR count). The predicted molar refractivity (Wildman–Crippen MR) is 75.7 cm³/mol. The minimum atomic E-state index is -0.149. The van der Waals surface area contributed by atoms with Crippen LogP contribution in [-0.2, 0) is 7.05 Å². The molecule has 0 aliphatic carbocycles. The van der Waals surface area contributed by atoms with Crippen molar-refractivity contribution < 1.29 is 9.90 Å². The predicted octanol–water partition coefficient (Wildman–Crippen LogP) is 2.91.